The maximum Gasteiger partial charge on any atom is 0.0517 e. The van der Waals surface area contributed by atoms with Crippen molar-refractivity contribution in [1.82, 2.24) is 4.98 Å². The van der Waals surface area contributed by atoms with E-state index < -0.39 is 0 Å². The zero-order valence-electron chi connectivity index (χ0n) is 9.20. The molecular formula is C12H19NO. The molecule has 0 aliphatic heterocycles. The van der Waals surface area contributed by atoms with Crippen LogP contribution in [0.3, 0.4) is 0 Å². The van der Waals surface area contributed by atoms with Crippen molar-refractivity contribution in [3.63, 3.8) is 0 Å². The van der Waals surface area contributed by atoms with Gasteiger partial charge in [-0.3, -0.25) is 4.98 Å². The van der Waals surface area contributed by atoms with Gasteiger partial charge in [-0.05, 0) is 36.8 Å². The summed E-state index contributed by atoms with van der Waals surface area (Å²) in [4.78, 5) is 4.09. The number of aliphatic hydroxyl groups is 1. The first-order valence-corrected chi connectivity index (χ1v) is 5.06. The topological polar surface area (TPSA) is 33.1 Å². The Morgan fingerprint density at radius 1 is 1.50 bits per heavy atom. The third-order valence-electron chi connectivity index (χ3n) is 2.25. The fourth-order valence-electron chi connectivity index (χ4n) is 1.93. The molecule has 0 saturated heterocycles. The first-order chi connectivity index (χ1) is 6.49. The van der Waals surface area contributed by atoms with Crippen molar-refractivity contribution in [2.75, 3.05) is 0 Å². The Morgan fingerprint density at radius 2 is 2.21 bits per heavy atom. The number of rotatable bonds is 4. The van der Waals surface area contributed by atoms with E-state index in [1.807, 2.05) is 19.2 Å². The summed E-state index contributed by atoms with van der Waals surface area (Å²) in [7, 11) is 0. The summed E-state index contributed by atoms with van der Waals surface area (Å²) in [5, 5.41) is 9.35. The predicted octanol–water partition coefficient (Wildman–Crippen LogP) is 2.42. The lowest BCUT2D eigenvalue weighted by molar-refractivity contribution is 0.129. The summed E-state index contributed by atoms with van der Waals surface area (Å²) < 4.78 is 0. The molecule has 0 saturated carbocycles. The standard InChI is InChI=1S/C12H19NO/c1-10(14)7-12(2,3)8-11-5-4-6-13-9-11/h4-6,9-10,14H,7-8H2,1-3H3. The number of aliphatic hydroxyl groups excluding tert-OH is 1. The first kappa shape index (κ1) is 11.2. The smallest absolute Gasteiger partial charge is 0.0517 e. The van der Waals surface area contributed by atoms with Crippen molar-refractivity contribution < 1.29 is 5.11 Å². The molecule has 0 radical (unpaired) electrons. The second kappa shape index (κ2) is 4.56. The number of nitrogens with zero attached hydrogens (tertiary/aromatic N) is 1. The fraction of sp³-hybridized carbons (Fsp3) is 0.583. The number of hydrogen-bond donors (Lipinski definition) is 1. The quantitative estimate of drug-likeness (QED) is 0.796. The largest absolute Gasteiger partial charge is 0.393 e. The molecule has 0 spiro atoms. The van der Waals surface area contributed by atoms with Crippen LogP contribution < -0.4 is 0 Å². The number of pyridine rings is 1. The predicted molar refractivity (Wildman–Crippen MR) is 58.0 cm³/mol. The molecule has 1 rings (SSSR count). The Labute approximate surface area is 86.0 Å². The van der Waals surface area contributed by atoms with Gasteiger partial charge in [0, 0.05) is 12.4 Å². The van der Waals surface area contributed by atoms with Gasteiger partial charge in [-0.2, -0.15) is 0 Å². The molecule has 1 unspecified atom stereocenters. The average molecular weight is 193 g/mol. The molecule has 2 heteroatoms. The molecule has 0 bridgehead atoms. The van der Waals surface area contributed by atoms with Gasteiger partial charge >= 0.3 is 0 Å². The van der Waals surface area contributed by atoms with E-state index in [1.54, 1.807) is 6.20 Å². The monoisotopic (exact) mass is 193 g/mol. The van der Waals surface area contributed by atoms with Crippen molar-refractivity contribution in [3.05, 3.63) is 30.1 Å². The Balaban J connectivity index is 2.59. The van der Waals surface area contributed by atoms with Gasteiger partial charge < -0.3 is 5.11 Å². The van der Waals surface area contributed by atoms with Gasteiger partial charge in [0.05, 0.1) is 6.10 Å². The highest BCUT2D eigenvalue weighted by Gasteiger charge is 2.20. The summed E-state index contributed by atoms with van der Waals surface area (Å²) in [5.74, 6) is 0. The minimum atomic E-state index is -0.235. The van der Waals surface area contributed by atoms with E-state index >= 15 is 0 Å². The summed E-state index contributed by atoms with van der Waals surface area (Å²) in [5.41, 5.74) is 1.37. The van der Waals surface area contributed by atoms with E-state index in [-0.39, 0.29) is 11.5 Å². The molecule has 1 heterocycles. The van der Waals surface area contributed by atoms with Gasteiger partial charge in [-0.25, -0.2) is 0 Å². The molecule has 78 valence electrons. The van der Waals surface area contributed by atoms with Crippen molar-refractivity contribution in [2.45, 2.75) is 39.7 Å². The summed E-state index contributed by atoms with van der Waals surface area (Å²) in [6.45, 7) is 6.18. The minimum absolute atomic E-state index is 0.136. The molecule has 1 aromatic heterocycles. The Bertz CT molecular complexity index is 267. The van der Waals surface area contributed by atoms with Gasteiger partial charge in [-0.15, -0.1) is 0 Å². The first-order valence-electron chi connectivity index (χ1n) is 5.06. The molecular weight excluding hydrogens is 174 g/mol. The fourth-order valence-corrected chi connectivity index (χ4v) is 1.93. The molecule has 0 aliphatic carbocycles. The van der Waals surface area contributed by atoms with Gasteiger partial charge in [-0.1, -0.05) is 19.9 Å². The van der Waals surface area contributed by atoms with E-state index in [0.717, 1.165) is 12.8 Å². The van der Waals surface area contributed by atoms with E-state index in [0.29, 0.717) is 0 Å². The molecule has 0 amide bonds. The SMILES string of the molecule is CC(O)CC(C)(C)Cc1cccnc1. The Hall–Kier alpha value is -0.890. The van der Waals surface area contributed by atoms with E-state index in [9.17, 15) is 5.11 Å². The average Bonchev–Trinajstić information content (AvgIpc) is 2.02. The van der Waals surface area contributed by atoms with Crippen LogP contribution in [-0.2, 0) is 6.42 Å². The minimum Gasteiger partial charge on any atom is -0.393 e. The van der Waals surface area contributed by atoms with Crippen LogP contribution in [0.15, 0.2) is 24.5 Å². The summed E-state index contributed by atoms with van der Waals surface area (Å²) in [6.07, 6.45) is 5.23. The third kappa shape index (κ3) is 3.88. The maximum atomic E-state index is 9.35. The van der Waals surface area contributed by atoms with Crippen molar-refractivity contribution in [2.24, 2.45) is 5.41 Å². The van der Waals surface area contributed by atoms with Crippen molar-refractivity contribution >= 4 is 0 Å². The van der Waals surface area contributed by atoms with Crippen LogP contribution in [-0.4, -0.2) is 16.2 Å². The third-order valence-corrected chi connectivity index (χ3v) is 2.25. The lowest BCUT2D eigenvalue weighted by Crippen LogP contribution is -2.21. The van der Waals surface area contributed by atoms with Crippen molar-refractivity contribution in [3.8, 4) is 0 Å². The van der Waals surface area contributed by atoms with Crippen molar-refractivity contribution in [1.29, 1.82) is 0 Å². The van der Waals surface area contributed by atoms with Crippen LogP contribution in [0, 0.1) is 5.41 Å². The lowest BCUT2D eigenvalue weighted by Gasteiger charge is -2.25. The summed E-state index contributed by atoms with van der Waals surface area (Å²) in [6, 6.07) is 4.03. The van der Waals surface area contributed by atoms with Crippen LogP contribution in [0.2, 0.25) is 0 Å². The second-order valence-electron chi connectivity index (χ2n) is 4.76. The highest BCUT2D eigenvalue weighted by molar-refractivity contribution is 5.10. The molecule has 0 aromatic carbocycles. The summed E-state index contributed by atoms with van der Waals surface area (Å²) >= 11 is 0. The van der Waals surface area contributed by atoms with E-state index in [2.05, 4.69) is 24.9 Å². The second-order valence-corrected chi connectivity index (χ2v) is 4.76. The zero-order chi connectivity index (χ0) is 10.6. The van der Waals surface area contributed by atoms with Gasteiger partial charge in [0.25, 0.3) is 0 Å². The van der Waals surface area contributed by atoms with Gasteiger partial charge in [0.1, 0.15) is 0 Å². The molecule has 1 N–H and O–H groups in total. The molecule has 0 fully saturated rings. The number of aromatic nitrogens is 1. The highest BCUT2D eigenvalue weighted by Crippen LogP contribution is 2.26. The Kier molecular flexibility index (Phi) is 3.64. The lowest BCUT2D eigenvalue weighted by atomic mass is 9.81. The molecule has 0 aliphatic rings. The van der Waals surface area contributed by atoms with Gasteiger partial charge in [0.15, 0.2) is 0 Å². The zero-order valence-corrected chi connectivity index (χ0v) is 9.20. The maximum absolute atomic E-state index is 9.35. The van der Waals surface area contributed by atoms with Gasteiger partial charge in [0.2, 0.25) is 0 Å². The van der Waals surface area contributed by atoms with E-state index in [1.165, 1.54) is 5.56 Å². The Morgan fingerprint density at radius 3 is 2.71 bits per heavy atom. The van der Waals surface area contributed by atoms with Crippen LogP contribution in [0.1, 0.15) is 32.8 Å². The number of hydrogen-bond acceptors (Lipinski definition) is 2. The molecule has 2 nitrogen and oxygen atoms in total. The van der Waals surface area contributed by atoms with Crippen LogP contribution >= 0.6 is 0 Å². The van der Waals surface area contributed by atoms with Crippen LogP contribution in [0.4, 0.5) is 0 Å². The van der Waals surface area contributed by atoms with Crippen LogP contribution in [0.5, 0.6) is 0 Å². The molecule has 1 atom stereocenters. The van der Waals surface area contributed by atoms with E-state index in [4.69, 9.17) is 0 Å². The highest BCUT2D eigenvalue weighted by atomic mass is 16.3. The molecule has 14 heavy (non-hydrogen) atoms. The molecule has 1 aromatic rings. The normalized spacial score (nSPS) is 14.0. The van der Waals surface area contributed by atoms with Crippen LogP contribution in [0.25, 0.3) is 0 Å².